The van der Waals surface area contributed by atoms with Crippen LogP contribution in [0.25, 0.3) is 123 Å². The summed E-state index contributed by atoms with van der Waals surface area (Å²) in [5.74, 6) is 3.89. The molecule has 2 N–H and O–H groups in total. The predicted molar refractivity (Wildman–Crippen MR) is 347 cm³/mol. The van der Waals surface area contributed by atoms with E-state index in [1.807, 2.05) is 194 Å². The van der Waals surface area contributed by atoms with Gasteiger partial charge < -0.3 is 10.0 Å². The number of rotatable bonds is 8. The average molecular weight is 1250 g/mol. The molecule has 0 saturated heterocycles. The molecule has 2 heterocycles. The second-order valence-corrected chi connectivity index (χ2v) is 22.0. The van der Waals surface area contributed by atoms with E-state index in [1.54, 1.807) is 0 Å². The zero-order valence-electron chi connectivity index (χ0n) is 43.7. The van der Waals surface area contributed by atoms with Crippen molar-refractivity contribution >= 4 is 103 Å². The fourth-order valence-electron chi connectivity index (χ4n) is 10.0. The molecule has 0 saturated carbocycles. The van der Waals surface area contributed by atoms with E-state index in [1.165, 1.54) is 27.1 Å². The highest BCUT2D eigenvalue weighted by Gasteiger charge is 2.18. The van der Waals surface area contributed by atoms with E-state index in [9.17, 15) is 10.0 Å². The largest absolute Gasteiger partial charge is 0.489 e. The van der Waals surface area contributed by atoms with Crippen LogP contribution in [0.5, 0.6) is 0 Å². The Morgan fingerprint density at radius 3 is 0.951 bits per heavy atom. The number of nitrogens with zero attached hydrogens (tertiary/aromatic N) is 6. The fraction of sp³-hybridized carbons (Fsp3) is 0. The lowest BCUT2D eigenvalue weighted by Gasteiger charge is -2.13. The first-order valence-electron chi connectivity index (χ1n) is 26.4. The standard InChI is InChI=1S/C35H22BrN3.C21H13Br2N3.C14H11BO2/c36-28-20-26(32-22-25-15-7-8-16-29(25)30-17-9-10-18-31(30)32)19-27(21-28)35-38-33(23-11-3-1-4-12-23)37-34(39-35)24-13-5-2-6-14-24;22-17-11-16(12-18(23)13-17)21-25-19(14-7-3-1-4-8-14)24-20(26-21)15-9-5-2-6-10-15;16-15(17)14-9-10-5-1-2-6-11(10)12-7-3-4-8-13(12)14/h1-22H;1-13H;1-9,16-17H. The Hall–Kier alpha value is -8.88. The smallest absolute Gasteiger partial charge is 0.423 e. The van der Waals surface area contributed by atoms with Crippen LogP contribution in [0.2, 0.25) is 0 Å². The molecule has 0 atom stereocenters. The van der Waals surface area contributed by atoms with Crippen molar-refractivity contribution in [1.29, 1.82) is 0 Å². The van der Waals surface area contributed by atoms with E-state index in [2.05, 4.69) is 121 Å². The topological polar surface area (TPSA) is 118 Å². The molecule has 0 radical (unpaired) electrons. The molecular formula is C70H46BBr3N6O2. The van der Waals surface area contributed by atoms with Gasteiger partial charge in [0.05, 0.1) is 0 Å². The molecule has 82 heavy (non-hydrogen) atoms. The molecule has 2 aromatic heterocycles. The summed E-state index contributed by atoms with van der Waals surface area (Å²) >= 11 is 10.8. The van der Waals surface area contributed by atoms with Crippen LogP contribution in [0.3, 0.4) is 0 Å². The Labute approximate surface area is 499 Å². The Morgan fingerprint density at radius 1 is 0.244 bits per heavy atom. The minimum Gasteiger partial charge on any atom is -0.423 e. The monoisotopic (exact) mass is 1250 g/mol. The van der Waals surface area contributed by atoms with Crippen molar-refractivity contribution in [3.8, 4) is 79.5 Å². The molecule has 12 aromatic carbocycles. The van der Waals surface area contributed by atoms with Crippen LogP contribution >= 0.6 is 47.8 Å². The summed E-state index contributed by atoms with van der Waals surface area (Å²) < 4.78 is 2.89. The predicted octanol–water partition coefficient (Wildman–Crippen LogP) is 17.7. The van der Waals surface area contributed by atoms with E-state index < -0.39 is 7.12 Å². The third-order valence-corrected chi connectivity index (χ3v) is 15.2. The molecule has 0 aliphatic carbocycles. The van der Waals surface area contributed by atoms with Gasteiger partial charge in [0.1, 0.15) is 0 Å². The summed E-state index contributed by atoms with van der Waals surface area (Å²) in [6.45, 7) is 0. The minimum absolute atomic E-state index is 0.555. The van der Waals surface area contributed by atoms with E-state index >= 15 is 0 Å². The molecule has 0 bridgehead atoms. The summed E-state index contributed by atoms with van der Waals surface area (Å²) in [5.41, 5.74) is 8.50. The van der Waals surface area contributed by atoms with Crippen molar-refractivity contribution in [3.63, 3.8) is 0 Å². The van der Waals surface area contributed by atoms with Crippen LogP contribution in [0.4, 0.5) is 0 Å². The Kier molecular flexibility index (Phi) is 16.0. The molecule has 0 unspecified atom stereocenters. The molecule has 14 rings (SSSR count). The molecule has 14 aromatic rings. The second kappa shape index (κ2) is 24.5. The summed E-state index contributed by atoms with van der Waals surface area (Å²) in [5, 5.41) is 27.9. The van der Waals surface area contributed by atoms with Crippen LogP contribution in [-0.2, 0) is 0 Å². The van der Waals surface area contributed by atoms with Crippen LogP contribution < -0.4 is 5.46 Å². The Bertz CT molecular complexity index is 4470. The van der Waals surface area contributed by atoms with Gasteiger partial charge in [-0.25, -0.2) is 29.9 Å². The first-order valence-corrected chi connectivity index (χ1v) is 28.8. The van der Waals surface area contributed by atoms with Crippen LogP contribution in [0, 0.1) is 0 Å². The van der Waals surface area contributed by atoms with Crippen LogP contribution in [-0.4, -0.2) is 47.1 Å². The van der Waals surface area contributed by atoms with Gasteiger partial charge in [-0.3, -0.25) is 0 Å². The number of benzene rings is 12. The normalized spacial score (nSPS) is 11.0. The zero-order valence-corrected chi connectivity index (χ0v) is 48.5. The molecule has 0 aliphatic heterocycles. The maximum absolute atomic E-state index is 9.44. The number of hydrogen-bond donors (Lipinski definition) is 2. The molecule has 0 spiro atoms. The van der Waals surface area contributed by atoms with Gasteiger partial charge in [-0.1, -0.05) is 272 Å². The average Bonchev–Trinajstić information content (AvgIpc) is 3.62. The van der Waals surface area contributed by atoms with Crippen molar-refractivity contribution in [3.05, 3.63) is 280 Å². The lowest BCUT2D eigenvalue weighted by atomic mass is 9.76. The van der Waals surface area contributed by atoms with E-state index in [-0.39, 0.29) is 0 Å². The number of fused-ring (bicyclic) bond motifs is 6. The third kappa shape index (κ3) is 11.9. The lowest BCUT2D eigenvalue weighted by molar-refractivity contribution is 0.426. The van der Waals surface area contributed by atoms with Gasteiger partial charge in [0.2, 0.25) is 0 Å². The maximum Gasteiger partial charge on any atom is 0.489 e. The zero-order chi connectivity index (χ0) is 55.9. The van der Waals surface area contributed by atoms with E-state index in [4.69, 9.17) is 29.9 Å². The number of aromatic nitrogens is 6. The lowest BCUT2D eigenvalue weighted by Crippen LogP contribution is -2.30. The second-order valence-electron chi connectivity index (χ2n) is 19.3. The molecule has 0 fully saturated rings. The van der Waals surface area contributed by atoms with E-state index in [0.717, 1.165) is 73.9 Å². The SMILES string of the molecule is Brc1cc(-c2nc(-c3ccccc3)nc(-c3ccccc3)n2)cc(-c2cc3ccccc3c3ccccc23)c1.Brc1cc(Br)cc(-c2nc(-c3ccccc3)nc(-c3ccccc3)n2)c1.OB(O)c1cc2ccccc2c2ccccc12. The van der Waals surface area contributed by atoms with Crippen LogP contribution in [0.1, 0.15) is 0 Å². The highest BCUT2D eigenvalue weighted by Crippen LogP contribution is 2.38. The van der Waals surface area contributed by atoms with Gasteiger partial charge in [-0.15, -0.1) is 0 Å². The molecular weight excluding hydrogens is 1210 g/mol. The number of halogens is 3. The van der Waals surface area contributed by atoms with Gasteiger partial charge >= 0.3 is 7.12 Å². The highest BCUT2D eigenvalue weighted by molar-refractivity contribution is 9.11. The summed E-state index contributed by atoms with van der Waals surface area (Å²) in [6.07, 6.45) is 0. The first kappa shape index (κ1) is 53.8. The molecule has 12 heteroatoms. The third-order valence-electron chi connectivity index (χ3n) is 13.8. The fourth-order valence-corrected chi connectivity index (χ4v) is 11.8. The van der Waals surface area contributed by atoms with Gasteiger partial charge in [-0.05, 0) is 102 Å². The Morgan fingerprint density at radius 2 is 0.537 bits per heavy atom. The molecule has 392 valence electrons. The maximum atomic E-state index is 9.44. The first-order chi connectivity index (χ1) is 40.2. The van der Waals surface area contributed by atoms with E-state index in [0.29, 0.717) is 40.4 Å². The highest BCUT2D eigenvalue weighted by atomic mass is 79.9. The molecule has 0 aliphatic rings. The van der Waals surface area contributed by atoms with Gasteiger partial charge in [-0.2, -0.15) is 0 Å². The van der Waals surface area contributed by atoms with Crippen molar-refractivity contribution in [2.24, 2.45) is 0 Å². The van der Waals surface area contributed by atoms with Gasteiger partial charge in [0, 0.05) is 46.8 Å². The minimum atomic E-state index is -1.44. The summed E-state index contributed by atoms with van der Waals surface area (Å²) in [4.78, 5) is 28.9. The van der Waals surface area contributed by atoms with Crippen molar-refractivity contribution in [2.75, 3.05) is 0 Å². The summed E-state index contributed by atoms with van der Waals surface area (Å²) in [6, 6.07) is 89.5. The summed E-state index contributed by atoms with van der Waals surface area (Å²) in [7, 11) is -1.44. The van der Waals surface area contributed by atoms with Gasteiger partial charge in [0.25, 0.3) is 0 Å². The van der Waals surface area contributed by atoms with Crippen molar-refractivity contribution in [2.45, 2.75) is 0 Å². The molecule has 0 amide bonds. The van der Waals surface area contributed by atoms with Crippen LogP contribution in [0.15, 0.2) is 280 Å². The number of hydrogen-bond acceptors (Lipinski definition) is 8. The molecule has 8 nitrogen and oxygen atoms in total. The Balaban J connectivity index is 0.000000133. The van der Waals surface area contributed by atoms with Crippen molar-refractivity contribution < 1.29 is 10.0 Å². The van der Waals surface area contributed by atoms with Crippen molar-refractivity contribution in [1.82, 2.24) is 29.9 Å². The quantitative estimate of drug-likeness (QED) is 0.114. The van der Waals surface area contributed by atoms with Gasteiger partial charge in [0.15, 0.2) is 34.9 Å².